The summed E-state index contributed by atoms with van der Waals surface area (Å²) in [4.78, 5) is 14.4. The molecular formula is C17H20N2O3. The fourth-order valence-corrected chi connectivity index (χ4v) is 2.82. The molecule has 1 aliphatic heterocycles. The first kappa shape index (κ1) is 14.5. The van der Waals surface area contributed by atoms with Crippen LogP contribution in [0.15, 0.2) is 47.1 Å². The smallest absolute Gasteiger partial charge is 0.322 e. The summed E-state index contributed by atoms with van der Waals surface area (Å²) in [6, 6.07) is 11.1. The van der Waals surface area contributed by atoms with E-state index in [4.69, 9.17) is 9.15 Å². The Morgan fingerprint density at radius 3 is 3.00 bits per heavy atom. The number of carbonyl (C=O) groups is 1. The van der Waals surface area contributed by atoms with Crippen LogP contribution in [-0.4, -0.2) is 24.1 Å². The third-order valence-electron chi connectivity index (χ3n) is 3.81. The summed E-state index contributed by atoms with van der Waals surface area (Å²) in [7, 11) is 0. The summed E-state index contributed by atoms with van der Waals surface area (Å²) in [5.41, 5.74) is 0.694. The molecule has 0 bridgehead atoms. The van der Waals surface area contributed by atoms with Gasteiger partial charge in [-0.15, -0.1) is 0 Å². The third kappa shape index (κ3) is 2.93. The second kappa shape index (κ2) is 6.56. The minimum absolute atomic E-state index is 0.00857. The van der Waals surface area contributed by atoms with Crippen LogP contribution in [0.1, 0.15) is 31.6 Å². The molecule has 116 valence electrons. The summed E-state index contributed by atoms with van der Waals surface area (Å²) in [5, 5.41) is 2.95. The van der Waals surface area contributed by atoms with Crippen molar-refractivity contribution in [3.63, 3.8) is 0 Å². The van der Waals surface area contributed by atoms with Crippen LogP contribution in [0.3, 0.4) is 0 Å². The number of amides is 2. The Balaban J connectivity index is 1.74. The zero-order chi connectivity index (χ0) is 15.4. The highest BCUT2D eigenvalue weighted by atomic mass is 16.5. The first-order chi connectivity index (χ1) is 10.8. The molecular weight excluding hydrogens is 280 g/mol. The van der Waals surface area contributed by atoms with Gasteiger partial charge in [-0.1, -0.05) is 12.1 Å². The SMILES string of the molecule is CCOc1ccccc1NC(=O)N1CCC[C@@H]1c1ccco1. The van der Waals surface area contributed by atoms with Crippen LogP contribution in [0, 0.1) is 0 Å². The number of nitrogens with one attached hydrogen (secondary N) is 1. The minimum Gasteiger partial charge on any atom is -0.492 e. The average Bonchev–Trinajstić information content (AvgIpc) is 3.20. The number of ether oxygens (including phenoxy) is 1. The number of urea groups is 1. The van der Waals surface area contributed by atoms with Gasteiger partial charge in [0, 0.05) is 6.54 Å². The van der Waals surface area contributed by atoms with Gasteiger partial charge in [0.15, 0.2) is 0 Å². The van der Waals surface area contributed by atoms with E-state index >= 15 is 0 Å². The first-order valence-corrected chi connectivity index (χ1v) is 7.62. The number of carbonyl (C=O) groups excluding carboxylic acids is 1. The van der Waals surface area contributed by atoms with E-state index < -0.39 is 0 Å². The Labute approximate surface area is 129 Å². The Morgan fingerprint density at radius 2 is 2.23 bits per heavy atom. The zero-order valence-corrected chi connectivity index (χ0v) is 12.6. The van der Waals surface area contributed by atoms with Crippen LogP contribution in [0.2, 0.25) is 0 Å². The Kier molecular flexibility index (Phi) is 4.32. The summed E-state index contributed by atoms with van der Waals surface area (Å²) in [5.74, 6) is 1.53. The van der Waals surface area contributed by atoms with Gasteiger partial charge < -0.3 is 19.4 Å². The minimum atomic E-state index is -0.119. The van der Waals surface area contributed by atoms with Gasteiger partial charge in [0.05, 0.1) is 24.6 Å². The van der Waals surface area contributed by atoms with Gasteiger partial charge in [-0.3, -0.25) is 0 Å². The molecule has 2 amide bonds. The standard InChI is InChI=1S/C17H20N2O3/c1-2-21-15-9-4-3-7-13(15)18-17(20)19-11-5-8-14(19)16-10-6-12-22-16/h3-4,6-7,9-10,12,14H,2,5,8,11H2,1H3,(H,18,20)/t14-/m1/s1. The maximum Gasteiger partial charge on any atom is 0.322 e. The molecule has 1 saturated heterocycles. The highest BCUT2D eigenvalue weighted by Gasteiger charge is 2.32. The number of rotatable bonds is 4. The number of hydrogen-bond acceptors (Lipinski definition) is 3. The number of anilines is 1. The quantitative estimate of drug-likeness (QED) is 0.927. The second-order valence-corrected chi connectivity index (χ2v) is 5.23. The van der Waals surface area contributed by atoms with Crippen molar-refractivity contribution in [3.8, 4) is 5.75 Å². The lowest BCUT2D eigenvalue weighted by atomic mass is 10.2. The van der Waals surface area contributed by atoms with Crippen molar-refractivity contribution < 1.29 is 13.9 Å². The van der Waals surface area contributed by atoms with Gasteiger partial charge in [-0.2, -0.15) is 0 Å². The van der Waals surface area contributed by atoms with Crippen LogP contribution in [0.5, 0.6) is 5.75 Å². The van der Waals surface area contributed by atoms with Crippen molar-refractivity contribution in [2.75, 3.05) is 18.5 Å². The lowest BCUT2D eigenvalue weighted by Gasteiger charge is -2.24. The summed E-state index contributed by atoms with van der Waals surface area (Å²) in [6.45, 7) is 3.21. The Morgan fingerprint density at radius 1 is 1.36 bits per heavy atom. The molecule has 2 heterocycles. The van der Waals surface area contributed by atoms with Gasteiger partial charge >= 0.3 is 6.03 Å². The molecule has 5 heteroatoms. The number of likely N-dealkylation sites (tertiary alicyclic amines) is 1. The van der Waals surface area contributed by atoms with E-state index in [0.29, 0.717) is 18.0 Å². The van der Waals surface area contributed by atoms with Crippen LogP contribution in [-0.2, 0) is 0 Å². The van der Waals surface area contributed by atoms with E-state index in [9.17, 15) is 4.79 Å². The molecule has 1 aromatic heterocycles. The largest absolute Gasteiger partial charge is 0.492 e. The van der Waals surface area contributed by atoms with Crippen LogP contribution >= 0.6 is 0 Å². The summed E-state index contributed by atoms with van der Waals surface area (Å²) in [6.07, 6.45) is 3.55. The molecule has 0 spiro atoms. The van der Waals surface area contributed by atoms with Crippen LogP contribution < -0.4 is 10.1 Å². The number of hydrogen-bond donors (Lipinski definition) is 1. The molecule has 0 saturated carbocycles. The normalized spacial score (nSPS) is 17.5. The molecule has 1 aliphatic rings. The average molecular weight is 300 g/mol. The molecule has 1 aromatic carbocycles. The molecule has 1 N–H and O–H groups in total. The van der Waals surface area contributed by atoms with Crippen molar-refractivity contribution in [3.05, 3.63) is 48.4 Å². The van der Waals surface area contributed by atoms with Crippen molar-refractivity contribution in [1.82, 2.24) is 4.90 Å². The van der Waals surface area contributed by atoms with E-state index in [1.165, 1.54) is 0 Å². The summed E-state index contributed by atoms with van der Waals surface area (Å²) < 4.78 is 11.0. The topological polar surface area (TPSA) is 54.7 Å². The Bertz CT molecular complexity index is 625. The van der Waals surface area contributed by atoms with Gasteiger partial charge in [0.1, 0.15) is 11.5 Å². The number of furan rings is 1. The zero-order valence-electron chi connectivity index (χ0n) is 12.6. The monoisotopic (exact) mass is 300 g/mol. The van der Waals surface area contributed by atoms with E-state index in [0.717, 1.165) is 25.1 Å². The highest BCUT2D eigenvalue weighted by molar-refractivity contribution is 5.91. The molecule has 0 aliphatic carbocycles. The van der Waals surface area contributed by atoms with Gasteiger partial charge in [0.2, 0.25) is 0 Å². The molecule has 1 fully saturated rings. The van der Waals surface area contributed by atoms with Crippen LogP contribution in [0.25, 0.3) is 0 Å². The lowest BCUT2D eigenvalue weighted by molar-refractivity contribution is 0.199. The molecule has 2 aromatic rings. The van der Waals surface area contributed by atoms with E-state index in [1.54, 1.807) is 6.26 Å². The maximum atomic E-state index is 12.6. The Hall–Kier alpha value is -2.43. The van der Waals surface area contributed by atoms with Crippen molar-refractivity contribution in [2.45, 2.75) is 25.8 Å². The fraction of sp³-hybridized carbons (Fsp3) is 0.353. The summed E-state index contributed by atoms with van der Waals surface area (Å²) >= 11 is 0. The maximum absolute atomic E-state index is 12.6. The third-order valence-corrected chi connectivity index (χ3v) is 3.81. The molecule has 0 radical (unpaired) electrons. The lowest BCUT2D eigenvalue weighted by Crippen LogP contribution is -2.34. The number of para-hydroxylation sites is 2. The first-order valence-electron chi connectivity index (χ1n) is 7.62. The van der Waals surface area contributed by atoms with Gasteiger partial charge in [-0.25, -0.2) is 4.79 Å². The van der Waals surface area contributed by atoms with E-state index in [-0.39, 0.29) is 12.1 Å². The van der Waals surface area contributed by atoms with Gasteiger partial charge in [0.25, 0.3) is 0 Å². The molecule has 5 nitrogen and oxygen atoms in total. The molecule has 1 atom stereocenters. The molecule has 3 rings (SSSR count). The van der Waals surface area contributed by atoms with Crippen molar-refractivity contribution in [1.29, 1.82) is 0 Å². The predicted octanol–water partition coefficient (Wildman–Crippen LogP) is 4.05. The van der Waals surface area contributed by atoms with Gasteiger partial charge in [-0.05, 0) is 44.0 Å². The van der Waals surface area contributed by atoms with E-state index in [2.05, 4.69) is 5.32 Å². The highest BCUT2D eigenvalue weighted by Crippen LogP contribution is 2.33. The number of benzene rings is 1. The predicted molar refractivity (Wildman–Crippen MR) is 84.0 cm³/mol. The second-order valence-electron chi connectivity index (χ2n) is 5.23. The van der Waals surface area contributed by atoms with E-state index in [1.807, 2.05) is 48.2 Å². The molecule has 0 unspecified atom stereocenters. The number of nitrogens with zero attached hydrogens (tertiary/aromatic N) is 1. The van der Waals surface area contributed by atoms with Crippen molar-refractivity contribution >= 4 is 11.7 Å². The van der Waals surface area contributed by atoms with Crippen LogP contribution in [0.4, 0.5) is 10.5 Å². The fourth-order valence-electron chi connectivity index (χ4n) is 2.82. The van der Waals surface area contributed by atoms with Crippen molar-refractivity contribution in [2.24, 2.45) is 0 Å². The molecule has 22 heavy (non-hydrogen) atoms.